The minimum atomic E-state index is -0.619. The van der Waals surface area contributed by atoms with E-state index in [1.54, 1.807) is 24.0 Å². The van der Waals surface area contributed by atoms with Crippen LogP contribution in [0.25, 0.3) is 21.7 Å². The molecule has 0 saturated heterocycles. The highest BCUT2D eigenvalue weighted by Gasteiger charge is 2.31. The highest BCUT2D eigenvalue weighted by atomic mass is 16.6. The van der Waals surface area contributed by atoms with Gasteiger partial charge >= 0.3 is 6.09 Å². The summed E-state index contributed by atoms with van der Waals surface area (Å²) in [6.07, 6.45) is 3.54. The summed E-state index contributed by atoms with van der Waals surface area (Å²) in [4.78, 5) is 29.2. The summed E-state index contributed by atoms with van der Waals surface area (Å²) in [6, 6.07) is 7.55. The van der Waals surface area contributed by atoms with E-state index in [2.05, 4.69) is 24.1 Å². The number of hydrogen-bond acceptors (Lipinski definition) is 5. The van der Waals surface area contributed by atoms with Crippen LogP contribution in [-0.2, 0) is 11.8 Å². The first kappa shape index (κ1) is 23.6. The van der Waals surface area contributed by atoms with Crippen molar-refractivity contribution in [2.75, 3.05) is 6.61 Å². The van der Waals surface area contributed by atoms with Gasteiger partial charge in [-0.05, 0) is 63.6 Å². The number of pyridine rings is 2. The Morgan fingerprint density at radius 2 is 1.84 bits per heavy atom. The molecule has 7 heteroatoms. The van der Waals surface area contributed by atoms with Gasteiger partial charge in [0, 0.05) is 30.9 Å². The lowest BCUT2D eigenvalue weighted by atomic mass is 9.91. The summed E-state index contributed by atoms with van der Waals surface area (Å²) in [7, 11) is 1.74. The second-order valence-electron chi connectivity index (χ2n) is 10.0. The molecule has 0 aliphatic carbocycles. The Balaban J connectivity index is 1.88. The molecule has 3 rings (SSSR count). The maximum absolute atomic E-state index is 12.7. The summed E-state index contributed by atoms with van der Waals surface area (Å²) in [6.45, 7) is 11.9. The topological polar surface area (TPSA) is 82.5 Å². The van der Waals surface area contributed by atoms with E-state index in [9.17, 15) is 9.59 Å². The van der Waals surface area contributed by atoms with Gasteiger partial charge in [0.25, 0.3) is 5.56 Å². The molecule has 0 fully saturated rings. The largest absolute Gasteiger partial charge is 0.491 e. The number of fused-ring (bicyclic) bond motifs is 3. The number of amides is 1. The summed E-state index contributed by atoms with van der Waals surface area (Å²) < 4.78 is 13.2. The molecule has 32 heavy (non-hydrogen) atoms. The molecule has 1 atom stereocenters. The number of alkyl carbamates (subject to hydrolysis) is 1. The van der Waals surface area contributed by atoms with Crippen molar-refractivity contribution in [1.29, 1.82) is 0 Å². The smallest absolute Gasteiger partial charge is 0.408 e. The highest BCUT2D eigenvalue weighted by Crippen LogP contribution is 2.27. The molecule has 1 amide bonds. The summed E-state index contributed by atoms with van der Waals surface area (Å²) in [5.74, 6) is 0.970. The third-order valence-corrected chi connectivity index (χ3v) is 5.20. The highest BCUT2D eigenvalue weighted by molar-refractivity contribution is 6.05. The van der Waals surface area contributed by atoms with Gasteiger partial charge in [-0.2, -0.15) is 0 Å². The maximum atomic E-state index is 12.7. The molecule has 0 aliphatic heterocycles. The number of nitrogens with one attached hydrogen (secondary N) is 1. The average molecular weight is 440 g/mol. The summed E-state index contributed by atoms with van der Waals surface area (Å²) in [5, 5.41) is 5.38. The first-order chi connectivity index (χ1) is 14.9. The van der Waals surface area contributed by atoms with E-state index in [4.69, 9.17) is 9.47 Å². The number of hydrogen-bond donors (Lipinski definition) is 1. The molecule has 0 aliphatic rings. The fourth-order valence-corrected chi connectivity index (χ4v) is 4.04. The Hall–Kier alpha value is -3.09. The van der Waals surface area contributed by atoms with Gasteiger partial charge < -0.3 is 19.4 Å². The second kappa shape index (κ2) is 8.81. The molecule has 0 bridgehead atoms. The molecule has 0 radical (unpaired) electrons. The third kappa shape index (κ3) is 5.39. The predicted octanol–water partition coefficient (Wildman–Crippen LogP) is 4.80. The van der Waals surface area contributed by atoms with Crippen molar-refractivity contribution in [1.82, 2.24) is 14.9 Å². The molecule has 1 N–H and O–H groups in total. The molecular formula is C25H33N3O4. The monoisotopic (exact) mass is 439 g/mol. The van der Waals surface area contributed by atoms with Crippen LogP contribution in [0.4, 0.5) is 4.79 Å². The quantitative estimate of drug-likeness (QED) is 0.558. The minimum absolute atomic E-state index is 0.103. The minimum Gasteiger partial charge on any atom is -0.491 e. The van der Waals surface area contributed by atoms with E-state index in [0.29, 0.717) is 17.1 Å². The zero-order valence-electron chi connectivity index (χ0n) is 20.0. The van der Waals surface area contributed by atoms with E-state index in [1.165, 1.54) is 0 Å². The zero-order valence-corrected chi connectivity index (χ0v) is 20.0. The zero-order chi connectivity index (χ0) is 23.7. The third-order valence-electron chi connectivity index (χ3n) is 5.20. The van der Waals surface area contributed by atoms with Gasteiger partial charge in [0.2, 0.25) is 0 Å². The van der Waals surface area contributed by atoms with Gasteiger partial charge in [0.15, 0.2) is 0 Å². The van der Waals surface area contributed by atoms with Crippen LogP contribution < -0.4 is 15.6 Å². The molecule has 2 aromatic heterocycles. The fourth-order valence-electron chi connectivity index (χ4n) is 4.04. The lowest BCUT2D eigenvalue weighted by Crippen LogP contribution is -2.52. The normalized spacial score (nSPS) is 13.9. The van der Waals surface area contributed by atoms with Crippen molar-refractivity contribution in [2.45, 2.75) is 59.1 Å². The molecule has 3 aromatic rings. The molecule has 172 valence electrons. The lowest BCUT2D eigenvalue weighted by Gasteiger charge is -2.33. The van der Waals surface area contributed by atoms with Gasteiger partial charge in [-0.1, -0.05) is 13.8 Å². The maximum Gasteiger partial charge on any atom is 0.408 e. The molecule has 1 aromatic carbocycles. The van der Waals surface area contributed by atoms with Crippen molar-refractivity contribution in [3.8, 4) is 5.75 Å². The molecule has 2 heterocycles. The summed E-state index contributed by atoms with van der Waals surface area (Å²) in [5.41, 5.74) is -0.525. The van der Waals surface area contributed by atoms with E-state index >= 15 is 0 Å². The molecular weight excluding hydrogens is 406 g/mol. The number of aromatic nitrogens is 2. The molecule has 0 spiro atoms. The fraction of sp³-hybridized carbons (Fsp3) is 0.480. The van der Waals surface area contributed by atoms with E-state index < -0.39 is 17.2 Å². The summed E-state index contributed by atoms with van der Waals surface area (Å²) >= 11 is 0. The number of carbonyl (C=O) groups excluding carboxylic acids is 1. The molecule has 0 saturated carbocycles. The Morgan fingerprint density at radius 1 is 1.12 bits per heavy atom. The lowest BCUT2D eigenvalue weighted by molar-refractivity contribution is 0.0408. The Bertz CT molecular complexity index is 1190. The number of rotatable bonds is 6. The van der Waals surface area contributed by atoms with E-state index in [0.717, 1.165) is 22.7 Å². The van der Waals surface area contributed by atoms with Crippen molar-refractivity contribution < 1.29 is 14.3 Å². The van der Waals surface area contributed by atoms with Crippen molar-refractivity contribution in [3.05, 3.63) is 47.0 Å². The Labute approximate surface area is 188 Å². The van der Waals surface area contributed by atoms with Gasteiger partial charge in [-0.25, -0.2) is 4.79 Å². The van der Waals surface area contributed by atoms with Crippen molar-refractivity contribution in [3.63, 3.8) is 0 Å². The number of benzene rings is 1. The van der Waals surface area contributed by atoms with Crippen LogP contribution in [0.1, 0.15) is 48.0 Å². The Kier molecular flexibility index (Phi) is 6.49. The molecule has 0 unspecified atom stereocenters. The van der Waals surface area contributed by atoms with Gasteiger partial charge in [-0.3, -0.25) is 9.78 Å². The predicted molar refractivity (Wildman–Crippen MR) is 127 cm³/mol. The number of nitrogens with zero attached hydrogens (tertiary/aromatic N) is 2. The van der Waals surface area contributed by atoms with Crippen molar-refractivity contribution in [2.24, 2.45) is 13.0 Å². The van der Waals surface area contributed by atoms with Crippen LogP contribution in [0.5, 0.6) is 5.75 Å². The van der Waals surface area contributed by atoms with E-state index in [1.807, 2.05) is 52.0 Å². The van der Waals surface area contributed by atoms with E-state index in [-0.39, 0.29) is 12.2 Å². The SMILES string of the molecule is CC(C)C[C@](C)(COc1ccc2c3ccncc3c(=O)n(C)c2c1)NC(=O)OC(C)(C)C. The van der Waals surface area contributed by atoms with Gasteiger partial charge in [-0.15, -0.1) is 0 Å². The van der Waals surface area contributed by atoms with Crippen LogP contribution in [0, 0.1) is 5.92 Å². The standard InChI is InChI=1S/C25H33N3O4/c1-16(2)13-25(6,27-23(30)32-24(3,4)5)15-31-17-8-9-19-18-10-11-26-14-20(18)22(29)28(7)21(19)12-17/h8-12,14,16H,13,15H2,1-7H3,(H,27,30)/t25-/m1/s1. The first-order valence-corrected chi connectivity index (χ1v) is 10.9. The number of carbonyl (C=O) groups is 1. The van der Waals surface area contributed by atoms with Gasteiger partial charge in [0.05, 0.1) is 16.4 Å². The average Bonchev–Trinajstić information content (AvgIpc) is 2.68. The van der Waals surface area contributed by atoms with Gasteiger partial charge in [0.1, 0.15) is 18.0 Å². The van der Waals surface area contributed by atoms with Crippen LogP contribution in [-0.4, -0.2) is 33.4 Å². The first-order valence-electron chi connectivity index (χ1n) is 10.9. The van der Waals surface area contributed by atoms with Crippen LogP contribution in [0.2, 0.25) is 0 Å². The van der Waals surface area contributed by atoms with Crippen LogP contribution >= 0.6 is 0 Å². The number of aryl methyl sites for hydroxylation is 1. The number of ether oxygens (including phenoxy) is 2. The molecule has 7 nitrogen and oxygen atoms in total. The van der Waals surface area contributed by atoms with Crippen molar-refractivity contribution >= 4 is 27.8 Å². The second-order valence-corrected chi connectivity index (χ2v) is 10.0. The Morgan fingerprint density at radius 3 is 2.50 bits per heavy atom. The van der Waals surface area contributed by atoms with Crippen LogP contribution in [0.3, 0.4) is 0 Å². The van der Waals surface area contributed by atoms with Crippen LogP contribution in [0.15, 0.2) is 41.5 Å².